The summed E-state index contributed by atoms with van der Waals surface area (Å²) in [5.41, 5.74) is 8.16. The molecule has 0 aliphatic carbocycles. The van der Waals surface area contributed by atoms with Gasteiger partial charge in [0.15, 0.2) is 0 Å². The second-order valence-electron chi connectivity index (χ2n) is 11.4. The molecule has 230 valence electrons. The number of nitrogens with two attached hydrogens (primary N) is 1. The topological polar surface area (TPSA) is 160 Å². The molecule has 0 aliphatic heterocycles. The third-order valence-corrected chi connectivity index (χ3v) is 6.68. The van der Waals surface area contributed by atoms with E-state index >= 15 is 0 Å². The Morgan fingerprint density at radius 1 is 0.881 bits per heavy atom. The van der Waals surface area contributed by atoms with Gasteiger partial charge in [-0.1, -0.05) is 54.6 Å². The van der Waals surface area contributed by atoms with Gasteiger partial charge in [-0.25, -0.2) is 0 Å². The number of carbonyl (C=O) groups is 4. The Bertz CT molecular complexity index is 1150. The first-order valence-electron chi connectivity index (χ1n) is 14.5. The molecule has 0 fully saturated rings. The summed E-state index contributed by atoms with van der Waals surface area (Å²) in [7, 11) is 1.53. The molecule has 2 rings (SSSR count). The zero-order valence-electron chi connectivity index (χ0n) is 25.2. The Balaban J connectivity index is 1.93. The average molecular weight is 583 g/mol. The fraction of sp³-hybridized carbons (Fsp3) is 0.500. The van der Waals surface area contributed by atoms with E-state index in [1.54, 1.807) is 20.8 Å². The van der Waals surface area contributed by atoms with E-state index in [0.717, 1.165) is 16.7 Å². The monoisotopic (exact) mass is 582 g/mol. The minimum absolute atomic E-state index is 0.0158. The summed E-state index contributed by atoms with van der Waals surface area (Å²) in [5, 5.41) is 18.2. The fourth-order valence-corrected chi connectivity index (χ4v) is 4.37. The van der Waals surface area contributed by atoms with Crippen LogP contribution in [0.25, 0.3) is 11.1 Å². The molecule has 0 aromatic heterocycles. The highest BCUT2D eigenvalue weighted by molar-refractivity contribution is 5.81. The van der Waals surface area contributed by atoms with Crippen LogP contribution in [0.3, 0.4) is 0 Å². The standard InChI is InChI=1S/C32H46N4O6/c1-32(2,3)42-31(41)27(19-20-28(37)35-21-9-8-12-25(33)29(38)34-4)36-26(30(39)40)18-15-22-13-16-24(17-14-22)23-10-6-5-7-11-23/h5-7,10-11,13-14,16-17,25-27,36H,8-9,12,15,18-21,33H2,1-4H3,(H,34,38)(H,35,37)(H,39,40)/t25-,26-,27+/m0/s1. The van der Waals surface area contributed by atoms with Gasteiger partial charge in [-0.15, -0.1) is 0 Å². The van der Waals surface area contributed by atoms with E-state index in [0.29, 0.717) is 32.2 Å². The van der Waals surface area contributed by atoms with Crippen LogP contribution < -0.4 is 21.7 Å². The zero-order chi connectivity index (χ0) is 31.1. The highest BCUT2D eigenvalue weighted by Crippen LogP contribution is 2.20. The zero-order valence-corrected chi connectivity index (χ0v) is 25.2. The van der Waals surface area contributed by atoms with E-state index < -0.39 is 35.7 Å². The number of likely N-dealkylation sites (N-methyl/N-ethyl adjacent to an activating group) is 1. The van der Waals surface area contributed by atoms with E-state index in [1.165, 1.54) is 7.05 Å². The molecule has 0 spiro atoms. The largest absolute Gasteiger partial charge is 0.480 e. The van der Waals surface area contributed by atoms with Crippen molar-refractivity contribution in [2.75, 3.05) is 13.6 Å². The van der Waals surface area contributed by atoms with E-state index in [4.69, 9.17) is 10.5 Å². The van der Waals surface area contributed by atoms with Crippen LogP contribution >= 0.6 is 0 Å². The van der Waals surface area contributed by atoms with Crippen molar-refractivity contribution in [3.63, 3.8) is 0 Å². The number of unbranched alkanes of at least 4 members (excludes halogenated alkanes) is 1. The predicted octanol–water partition coefficient (Wildman–Crippen LogP) is 3.18. The molecule has 2 aromatic rings. The van der Waals surface area contributed by atoms with E-state index in [-0.39, 0.29) is 31.1 Å². The molecule has 0 saturated carbocycles. The number of carboxylic acids is 1. The molecular formula is C32H46N4O6. The number of carbonyl (C=O) groups excluding carboxylic acids is 3. The summed E-state index contributed by atoms with van der Waals surface area (Å²) in [5.74, 6) is -2.16. The van der Waals surface area contributed by atoms with Crippen LogP contribution in [0.2, 0.25) is 0 Å². The molecule has 0 bridgehead atoms. The molecule has 0 unspecified atom stereocenters. The molecule has 2 aromatic carbocycles. The number of esters is 1. The van der Waals surface area contributed by atoms with Gasteiger partial charge >= 0.3 is 11.9 Å². The summed E-state index contributed by atoms with van der Waals surface area (Å²) in [6, 6.07) is 15.4. The number of hydrogen-bond acceptors (Lipinski definition) is 7. The molecule has 10 heteroatoms. The van der Waals surface area contributed by atoms with Crippen molar-refractivity contribution in [3.05, 3.63) is 60.2 Å². The number of amides is 2. The Hall–Kier alpha value is -3.76. The van der Waals surface area contributed by atoms with E-state index in [9.17, 15) is 24.3 Å². The first-order chi connectivity index (χ1) is 19.9. The number of carboxylic acid groups (broad SMARTS) is 1. The van der Waals surface area contributed by atoms with Crippen LogP contribution in [0.15, 0.2) is 54.6 Å². The number of ether oxygens (including phenoxy) is 1. The number of aryl methyl sites for hydroxylation is 1. The van der Waals surface area contributed by atoms with Crippen LogP contribution in [0, 0.1) is 0 Å². The van der Waals surface area contributed by atoms with Gasteiger partial charge in [-0.2, -0.15) is 0 Å². The van der Waals surface area contributed by atoms with Gasteiger partial charge < -0.3 is 26.2 Å². The van der Waals surface area contributed by atoms with Crippen molar-refractivity contribution in [1.82, 2.24) is 16.0 Å². The first kappa shape index (κ1) is 34.4. The van der Waals surface area contributed by atoms with Gasteiger partial charge in [-0.3, -0.25) is 24.5 Å². The van der Waals surface area contributed by atoms with Gasteiger partial charge in [0.05, 0.1) is 6.04 Å². The van der Waals surface area contributed by atoms with Crippen molar-refractivity contribution in [1.29, 1.82) is 0 Å². The van der Waals surface area contributed by atoms with Crippen LogP contribution in [-0.2, 0) is 30.3 Å². The van der Waals surface area contributed by atoms with Crippen LogP contribution in [0.1, 0.15) is 64.9 Å². The van der Waals surface area contributed by atoms with Crippen LogP contribution in [0.5, 0.6) is 0 Å². The number of aliphatic carboxylic acids is 1. The molecule has 2 amide bonds. The lowest BCUT2D eigenvalue weighted by Gasteiger charge is -2.26. The Kier molecular flexibility index (Phi) is 14.1. The third-order valence-electron chi connectivity index (χ3n) is 6.68. The summed E-state index contributed by atoms with van der Waals surface area (Å²) in [4.78, 5) is 49.0. The highest BCUT2D eigenvalue weighted by Gasteiger charge is 2.30. The second kappa shape index (κ2) is 17.3. The third kappa shape index (κ3) is 12.8. The SMILES string of the molecule is CNC(=O)[C@@H](N)CCCCNC(=O)CC[C@@H](N[C@@H](CCc1ccc(-c2ccccc2)cc1)C(=O)O)C(=O)OC(C)(C)C. The molecule has 0 heterocycles. The van der Waals surface area contributed by atoms with Gasteiger partial charge in [0.2, 0.25) is 11.8 Å². The van der Waals surface area contributed by atoms with Crippen LogP contribution in [0.4, 0.5) is 0 Å². The number of hydrogen-bond donors (Lipinski definition) is 5. The van der Waals surface area contributed by atoms with Crippen LogP contribution in [-0.4, -0.2) is 66.2 Å². The molecule has 10 nitrogen and oxygen atoms in total. The minimum atomic E-state index is -1.08. The Morgan fingerprint density at radius 2 is 1.52 bits per heavy atom. The van der Waals surface area contributed by atoms with E-state index in [2.05, 4.69) is 16.0 Å². The lowest BCUT2D eigenvalue weighted by Crippen LogP contribution is -2.49. The summed E-state index contributed by atoms with van der Waals surface area (Å²) < 4.78 is 5.52. The maximum absolute atomic E-state index is 13.0. The number of nitrogens with one attached hydrogen (secondary N) is 3. The predicted molar refractivity (Wildman–Crippen MR) is 163 cm³/mol. The second-order valence-corrected chi connectivity index (χ2v) is 11.4. The maximum atomic E-state index is 13.0. The van der Waals surface area contributed by atoms with Gasteiger partial charge in [-0.05, 0) is 76.0 Å². The Labute approximate surface area is 248 Å². The van der Waals surface area contributed by atoms with Gasteiger partial charge in [0, 0.05) is 20.0 Å². The molecule has 42 heavy (non-hydrogen) atoms. The lowest BCUT2D eigenvalue weighted by molar-refractivity contribution is -0.158. The van der Waals surface area contributed by atoms with Crippen molar-refractivity contribution < 1.29 is 29.0 Å². The molecule has 3 atom stereocenters. The maximum Gasteiger partial charge on any atom is 0.323 e. The van der Waals surface area contributed by atoms with E-state index in [1.807, 2.05) is 54.6 Å². The Morgan fingerprint density at radius 3 is 2.12 bits per heavy atom. The van der Waals surface area contributed by atoms with Crippen molar-refractivity contribution >= 4 is 23.8 Å². The highest BCUT2D eigenvalue weighted by atomic mass is 16.6. The van der Waals surface area contributed by atoms with Crippen molar-refractivity contribution in [2.24, 2.45) is 5.73 Å². The molecule has 0 saturated heterocycles. The average Bonchev–Trinajstić information content (AvgIpc) is 2.95. The number of benzene rings is 2. The molecule has 6 N–H and O–H groups in total. The molecule has 0 radical (unpaired) electrons. The summed E-state index contributed by atoms with van der Waals surface area (Å²) in [6.45, 7) is 5.61. The molecule has 0 aliphatic rings. The van der Waals surface area contributed by atoms with Crippen molar-refractivity contribution in [3.8, 4) is 11.1 Å². The smallest absolute Gasteiger partial charge is 0.323 e. The summed E-state index contributed by atoms with van der Waals surface area (Å²) >= 11 is 0. The first-order valence-corrected chi connectivity index (χ1v) is 14.5. The normalized spacial score (nSPS) is 13.5. The van der Waals surface area contributed by atoms with Gasteiger partial charge in [0.1, 0.15) is 17.7 Å². The van der Waals surface area contributed by atoms with Crippen molar-refractivity contribution in [2.45, 2.75) is 89.4 Å². The lowest BCUT2D eigenvalue weighted by atomic mass is 10.00. The van der Waals surface area contributed by atoms with Gasteiger partial charge in [0.25, 0.3) is 0 Å². The quantitative estimate of drug-likeness (QED) is 0.140. The summed E-state index contributed by atoms with van der Waals surface area (Å²) in [6.07, 6.45) is 2.67. The number of rotatable bonds is 17. The molecular weight excluding hydrogens is 536 g/mol. The fourth-order valence-electron chi connectivity index (χ4n) is 4.37. The minimum Gasteiger partial charge on any atom is -0.480 e.